The highest BCUT2D eigenvalue weighted by atomic mass is 79.9. The number of halogens is 2. The van der Waals surface area contributed by atoms with Gasteiger partial charge in [0.2, 0.25) is 0 Å². The molecule has 118 valence electrons. The van der Waals surface area contributed by atoms with Crippen molar-refractivity contribution in [3.63, 3.8) is 0 Å². The lowest BCUT2D eigenvalue weighted by Gasteiger charge is -2.14. The van der Waals surface area contributed by atoms with E-state index >= 15 is 0 Å². The van der Waals surface area contributed by atoms with Crippen LogP contribution in [0.25, 0.3) is 5.65 Å². The second-order valence-corrected chi connectivity index (χ2v) is 6.95. The van der Waals surface area contributed by atoms with E-state index in [1.165, 1.54) is 4.90 Å². The molecule has 2 heterocycles. The lowest BCUT2D eigenvalue weighted by molar-refractivity contribution is -0.908. The monoisotopic (exact) mass is 392 g/mol. The van der Waals surface area contributed by atoms with Crippen molar-refractivity contribution in [2.24, 2.45) is 0 Å². The maximum Gasteiger partial charge on any atom is 0.258 e. The highest BCUT2D eigenvalue weighted by molar-refractivity contribution is 9.10. The van der Waals surface area contributed by atoms with Gasteiger partial charge in [0.05, 0.1) is 7.05 Å². The van der Waals surface area contributed by atoms with Crippen molar-refractivity contribution in [1.82, 2.24) is 9.38 Å². The minimum atomic E-state index is -0.0677. The Morgan fingerprint density at radius 1 is 1.22 bits per heavy atom. The Bertz CT molecular complexity index is 910. The summed E-state index contributed by atoms with van der Waals surface area (Å²) in [5, 5.41) is 0.739. The molecular weight excluding hydrogens is 378 g/mol. The van der Waals surface area contributed by atoms with Crippen molar-refractivity contribution in [1.29, 1.82) is 0 Å². The lowest BCUT2D eigenvalue weighted by Crippen LogP contribution is -3.06. The van der Waals surface area contributed by atoms with Crippen LogP contribution in [0.1, 0.15) is 11.3 Å². The fourth-order valence-corrected chi connectivity index (χ4v) is 3.13. The molecule has 0 bridgehead atoms. The first-order valence-corrected chi connectivity index (χ1v) is 8.42. The SMILES string of the molecule is C[NH+](Cc1cccc(Cl)c1)Cc1cc(=O)n2cc(Br)ccc2n1. The Balaban J connectivity index is 1.81. The highest BCUT2D eigenvalue weighted by Crippen LogP contribution is 2.10. The summed E-state index contributed by atoms with van der Waals surface area (Å²) in [5.41, 5.74) is 2.54. The van der Waals surface area contributed by atoms with E-state index in [-0.39, 0.29) is 5.56 Å². The standard InChI is InChI=1S/C17H15BrClN3O/c1-21(9-12-3-2-4-14(19)7-12)11-15-8-17(23)22-10-13(18)5-6-16(22)20-15/h2-8,10H,9,11H2,1H3/p+1. The van der Waals surface area contributed by atoms with Crippen molar-refractivity contribution in [2.45, 2.75) is 13.1 Å². The van der Waals surface area contributed by atoms with E-state index in [9.17, 15) is 4.79 Å². The van der Waals surface area contributed by atoms with Crippen LogP contribution in [0.5, 0.6) is 0 Å². The summed E-state index contributed by atoms with van der Waals surface area (Å²) in [5.74, 6) is 0. The van der Waals surface area contributed by atoms with E-state index in [0.29, 0.717) is 12.2 Å². The maximum absolute atomic E-state index is 12.2. The lowest BCUT2D eigenvalue weighted by atomic mass is 10.2. The average molecular weight is 394 g/mol. The van der Waals surface area contributed by atoms with Crippen LogP contribution in [0.3, 0.4) is 0 Å². The number of benzene rings is 1. The minimum absolute atomic E-state index is 0.0677. The number of quaternary nitrogens is 1. The second kappa shape index (κ2) is 6.83. The van der Waals surface area contributed by atoms with Gasteiger partial charge in [0.1, 0.15) is 24.4 Å². The largest absolute Gasteiger partial charge is 0.329 e. The van der Waals surface area contributed by atoms with Gasteiger partial charge in [0.15, 0.2) is 0 Å². The van der Waals surface area contributed by atoms with E-state index < -0.39 is 0 Å². The molecule has 0 aliphatic rings. The number of nitrogens with zero attached hydrogens (tertiary/aromatic N) is 2. The molecule has 1 N–H and O–H groups in total. The molecule has 23 heavy (non-hydrogen) atoms. The summed E-state index contributed by atoms with van der Waals surface area (Å²) < 4.78 is 2.39. The molecule has 3 rings (SSSR count). The Morgan fingerprint density at radius 2 is 2.04 bits per heavy atom. The molecule has 3 aromatic rings. The summed E-state index contributed by atoms with van der Waals surface area (Å²) in [6.45, 7) is 1.50. The molecule has 0 radical (unpaired) electrons. The van der Waals surface area contributed by atoms with E-state index in [0.717, 1.165) is 27.3 Å². The quantitative estimate of drug-likeness (QED) is 0.739. The molecule has 0 spiro atoms. The molecular formula is C17H16BrClN3O+. The summed E-state index contributed by atoms with van der Waals surface area (Å²) in [6, 6.07) is 13.1. The first-order chi connectivity index (χ1) is 11.0. The van der Waals surface area contributed by atoms with E-state index in [1.54, 1.807) is 16.7 Å². The molecule has 1 aromatic carbocycles. The van der Waals surface area contributed by atoms with Crippen LogP contribution in [0.15, 0.2) is 57.9 Å². The predicted octanol–water partition coefficient (Wildman–Crippen LogP) is 2.33. The van der Waals surface area contributed by atoms with Gasteiger partial charge in [-0.05, 0) is 40.2 Å². The Kier molecular flexibility index (Phi) is 4.80. The predicted molar refractivity (Wildman–Crippen MR) is 94.9 cm³/mol. The summed E-state index contributed by atoms with van der Waals surface area (Å²) in [4.78, 5) is 18.0. The fraction of sp³-hybridized carbons (Fsp3) is 0.176. The Labute approximate surface area is 147 Å². The smallest absolute Gasteiger partial charge is 0.258 e. The molecule has 0 amide bonds. The highest BCUT2D eigenvalue weighted by Gasteiger charge is 2.09. The molecule has 0 fully saturated rings. The van der Waals surface area contributed by atoms with Crippen LogP contribution in [-0.4, -0.2) is 16.4 Å². The van der Waals surface area contributed by atoms with Gasteiger partial charge in [-0.2, -0.15) is 0 Å². The van der Waals surface area contributed by atoms with Gasteiger partial charge in [0, 0.05) is 27.3 Å². The van der Waals surface area contributed by atoms with Crippen molar-refractivity contribution in [3.05, 3.63) is 79.8 Å². The normalized spacial score (nSPS) is 12.5. The van der Waals surface area contributed by atoms with E-state index in [2.05, 4.69) is 34.0 Å². The molecule has 4 nitrogen and oxygen atoms in total. The first kappa shape index (κ1) is 16.2. The Hall–Kier alpha value is -1.69. The van der Waals surface area contributed by atoms with Gasteiger partial charge in [-0.25, -0.2) is 4.98 Å². The van der Waals surface area contributed by atoms with E-state index in [1.807, 2.05) is 30.3 Å². The van der Waals surface area contributed by atoms with Gasteiger partial charge in [-0.3, -0.25) is 9.20 Å². The number of nitrogens with one attached hydrogen (secondary N) is 1. The first-order valence-electron chi connectivity index (χ1n) is 7.25. The summed E-state index contributed by atoms with van der Waals surface area (Å²) in [6.07, 6.45) is 1.73. The van der Waals surface area contributed by atoms with Crippen LogP contribution < -0.4 is 10.5 Å². The summed E-state index contributed by atoms with van der Waals surface area (Å²) in [7, 11) is 2.08. The van der Waals surface area contributed by atoms with Crippen LogP contribution in [-0.2, 0) is 13.1 Å². The fourth-order valence-electron chi connectivity index (χ4n) is 2.58. The average Bonchev–Trinajstić information content (AvgIpc) is 2.48. The number of pyridine rings is 1. The van der Waals surface area contributed by atoms with Gasteiger partial charge in [-0.1, -0.05) is 23.7 Å². The number of hydrogen-bond donors (Lipinski definition) is 1. The second-order valence-electron chi connectivity index (χ2n) is 5.60. The van der Waals surface area contributed by atoms with Crippen molar-refractivity contribution >= 4 is 33.2 Å². The number of rotatable bonds is 4. The molecule has 0 saturated carbocycles. The zero-order valence-electron chi connectivity index (χ0n) is 12.6. The zero-order valence-corrected chi connectivity index (χ0v) is 14.9. The third kappa shape index (κ3) is 3.99. The number of fused-ring (bicyclic) bond motifs is 1. The third-order valence-corrected chi connectivity index (χ3v) is 4.26. The number of aromatic nitrogens is 2. The molecule has 1 unspecified atom stereocenters. The minimum Gasteiger partial charge on any atom is -0.329 e. The summed E-state index contributed by atoms with van der Waals surface area (Å²) >= 11 is 9.38. The van der Waals surface area contributed by atoms with Crippen LogP contribution in [0.2, 0.25) is 5.02 Å². The molecule has 1 atom stereocenters. The van der Waals surface area contributed by atoms with Crippen LogP contribution in [0.4, 0.5) is 0 Å². The van der Waals surface area contributed by atoms with Gasteiger partial charge in [0.25, 0.3) is 5.56 Å². The molecule has 0 aliphatic carbocycles. The van der Waals surface area contributed by atoms with Crippen molar-refractivity contribution in [2.75, 3.05) is 7.05 Å². The van der Waals surface area contributed by atoms with E-state index in [4.69, 9.17) is 11.6 Å². The van der Waals surface area contributed by atoms with Crippen LogP contribution in [0, 0.1) is 0 Å². The maximum atomic E-state index is 12.2. The molecule has 0 saturated heterocycles. The van der Waals surface area contributed by atoms with Gasteiger partial charge >= 0.3 is 0 Å². The van der Waals surface area contributed by atoms with Gasteiger partial charge in [-0.15, -0.1) is 0 Å². The van der Waals surface area contributed by atoms with Gasteiger partial charge < -0.3 is 4.90 Å². The van der Waals surface area contributed by atoms with Crippen molar-refractivity contribution < 1.29 is 4.90 Å². The zero-order chi connectivity index (χ0) is 16.4. The van der Waals surface area contributed by atoms with Crippen LogP contribution >= 0.6 is 27.5 Å². The molecule has 0 aliphatic heterocycles. The molecule has 2 aromatic heterocycles. The third-order valence-electron chi connectivity index (χ3n) is 3.55. The van der Waals surface area contributed by atoms with Crippen molar-refractivity contribution in [3.8, 4) is 0 Å². The topological polar surface area (TPSA) is 38.8 Å². The molecule has 6 heteroatoms. The number of hydrogen-bond acceptors (Lipinski definition) is 2. The Morgan fingerprint density at radius 3 is 2.83 bits per heavy atom.